The lowest BCUT2D eigenvalue weighted by Crippen LogP contribution is -2.44. The van der Waals surface area contributed by atoms with Gasteiger partial charge in [-0.2, -0.15) is 4.98 Å². The lowest BCUT2D eigenvalue weighted by Gasteiger charge is -2.31. The molecule has 3 aromatic rings. The summed E-state index contributed by atoms with van der Waals surface area (Å²) in [6.07, 6.45) is 3.52. The molecule has 23 heavy (non-hydrogen) atoms. The summed E-state index contributed by atoms with van der Waals surface area (Å²) in [5, 5.41) is 4.96. The third-order valence-electron chi connectivity index (χ3n) is 3.80. The molecule has 0 radical (unpaired) electrons. The van der Waals surface area contributed by atoms with E-state index < -0.39 is 0 Å². The minimum absolute atomic E-state index is 0.513. The Labute approximate surface area is 137 Å². The van der Waals surface area contributed by atoms with Gasteiger partial charge in [0.2, 0.25) is 0 Å². The van der Waals surface area contributed by atoms with Crippen LogP contribution in [0, 0.1) is 0 Å². The standard InChI is InChI=1S/C15H16N6OS/c1-20-6-8-21(9-7-20)15-18-13(22-19-15)12-10-17-14(23-12)11-4-2-3-5-16-11/h2-5,10H,6-9H2,1H3. The molecule has 7 nitrogen and oxygen atoms in total. The van der Waals surface area contributed by atoms with Gasteiger partial charge in [-0.1, -0.05) is 6.07 Å². The fraction of sp³-hybridized carbons (Fsp3) is 0.333. The molecule has 1 aliphatic rings. The topological polar surface area (TPSA) is 71.2 Å². The fourth-order valence-electron chi connectivity index (χ4n) is 2.43. The summed E-state index contributed by atoms with van der Waals surface area (Å²) in [6.45, 7) is 3.84. The van der Waals surface area contributed by atoms with Crippen LogP contribution < -0.4 is 4.90 Å². The van der Waals surface area contributed by atoms with Crippen molar-refractivity contribution in [3.63, 3.8) is 0 Å². The summed E-state index contributed by atoms with van der Waals surface area (Å²) in [5.74, 6) is 1.17. The second-order valence-corrected chi connectivity index (χ2v) is 6.47. The number of piperazine rings is 1. The van der Waals surface area contributed by atoms with E-state index in [9.17, 15) is 0 Å². The van der Waals surface area contributed by atoms with E-state index in [1.54, 1.807) is 12.4 Å². The zero-order chi connectivity index (χ0) is 15.6. The van der Waals surface area contributed by atoms with Gasteiger partial charge in [-0.25, -0.2) is 4.98 Å². The number of hydrogen-bond acceptors (Lipinski definition) is 8. The second-order valence-electron chi connectivity index (χ2n) is 5.43. The SMILES string of the molecule is CN1CCN(c2noc(-c3cnc(-c4ccccn4)s3)n2)CC1. The Morgan fingerprint density at radius 2 is 2.00 bits per heavy atom. The maximum atomic E-state index is 5.41. The van der Waals surface area contributed by atoms with Crippen LogP contribution >= 0.6 is 11.3 Å². The lowest BCUT2D eigenvalue weighted by molar-refractivity contribution is 0.309. The summed E-state index contributed by atoms with van der Waals surface area (Å²) < 4.78 is 5.41. The van der Waals surface area contributed by atoms with E-state index in [1.807, 2.05) is 18.2 Å². The average molecular weight is 328 g/mol. The monoisotopic (exact) mass is 328 g/mol. The molecule has 1 saturated heterocycles. The fourth-order valence-corrected chi connectivity index (χ4v) is 3.25. The number of pyridine rings is 1. The van der Waals surface area contributed by atoms with Crippen LogP contribution in [0.15, 0.2) is 35.1 Å². The molecule has 0 saturated carbocycles. The molecule has 4 rings (SSSR count). The minimum atomic E-state index is 0.513. The van der Waals surface area contributed by atoms with Crippen LogP contribution in [0.3, 0.4) is 0 Å². The Hall–Kier alpha value is -2.32. The van der Waals surface area contributed by atoms with Gasteiger partial charge in [-0.05, 0) is 24.3 Å². The van der Waals surface area contributed by atoms with Crippen molar-refractivity contribution in [2.24, 2.45) is 0 Å². The molecule has 0 amide bonds. The average Bonchev–Trinajstić information content (AvgIpc) is 3.26. The molecule has 0 unspecified atom stereocenters. The lowest BCUT2D eigenvalue weighted by atomic mass is 10.3. The number of thiazole rings is 1. The third kappa shape index (κ3) is 2.95. The van der Waals surface area contributed by atoms with E-state index in [-0.39, 0.29) is 0 Å². The number of hydrogen-bond donors (Lipinski definition) is 0. The Morgan fingerprint density at radius 3 is 2.78 bits per heavy atom. The molecular weight excluding hydrogens is 312 g/mol. The van der Waals surface area contributed by atoms with Gasteiger partial charge in [-0.3, -0.25) is 4.98 Å². The van der Waals surface area contributed by atoms with Gasteiger partial charge in [0.05, 0.1) is 11.9 Å². The Kier molecular flexibility index (Phi) is 3.76. The van der Waals surface area contributed by atoms with Gasteiger partial charge < -0.3 is 14.3 Å². The molecule has 0 aliphatic carbocycles. The molecule has 4 heterocycles. The predicted molar refractivity (Wildman–Crippen MR) is 88.3 cm³/mol. The normalized spacial score (nSPS) is 16.0. The Bertz CT molecular complexity index is 778. The van der Waals surface area contributed by atoms with Crippen molar-refractivity contribution in [3.8, 4) is 21.5 Å². The first kappa shape index (κ1) is 14.3. The molecule has 3 aromatic heterocycles. The maximum Gasteiger partial charge on any atom is 0.271 e. The molecule has 8 heteroatoms. The molecule has 0 atom stereocenters. The van der Waals surface area contributed by atoms with Gasteiger partial charge in [0, 0.05) is 32.4 Å². The number of nitrogens with zero attached hydrogens (tertiary/aromatic N) is 6. The van der Waals surface area contributed by atoms with Crippen molar-refractivity contribution in [2.45, 2.75) is 0 Å². The summed E-state index contributed by atoms with van der Waals surface area (Å²) in [5.41, 5.74) is 0.850. The molecule has 0 spiro atoms. The van der Waals surface area contributed by atoms with Crippen molar-refractivity contribution >= 4 is 17.3 Å². The van der Waals surface area contributed by atoms with Gasteiger partial charge in [0.15, 0.2) is 0 Å². The highest BCUT2D eigenvalue weighted by Crippen LogP contribution is 2.30. The van der Waals surface area contributed by atoms with Gasteiger partial charge >= 0.3 is 0 Å². The molecule has 0 N–H and O–H groups in total. The first-order valence-corrected chi connectivity index (χ1v) is 8.26. The first-order valence-electron chi connectivity index (χ1n) is 7.44. The van der Waals surface area contributed by atoms with Gasteiger partial charge in [0.1, 0.15) is 9.88 Å². The number of likely N-dealkylation sites (N-methyl/N-ethyl adjacent to an activating group) is 1. The van der Waals surface area contributed by atoms with Crippen LogP contribution in [0.1, 0.15) is 0 Å². The van der Waals surface area contributed by atoms with Gasteiger partial charge in [-0.15, -0.1) is 11.3 Å². The van der Waals surface area contributed by atoms with Crippen LogP contribution in [0.2, 0.25) is 0 Å². The van der Waals surface area contributed by atoms with Gasteiger partial charge in [0.25, 0.3) is 11.8 Å². The maximum absolute atomic E-state index is 5.41. The van der Waals surface area contributed by atoms with E-state index in [0.717, 1.165) is 41.8 Å². The molecular formula is C15H16N6OS. The Balaban J connectivity index is 1.54. The van der Waals surface area contributed by atoms with Crippen molar-refractivity contribution in [1.82, 2.24) is 25.0 Å². The van der Waals surface area contributed by atoms with Crippen LogP contribution in [0.25, 0.3) is 21.5 Å². The van der Waals surface area contributed by atoms with E-state index in [1.165, 1.54) is 11.3 Å². The Morgan fingerprint density at radius 1 is 1.13 bits per heavy atom. The summed E-state index contributed by atoms with van der Waals surface area (Å²) in [6, 6.07) is 5.77. The summed E-state index contributed by atoms with van der Waals surface area (Å²) >= 11 is 1.50. The molecule has 1 aliphatic heterocycles. The highest BCUT2D eigenvalue weighted by Gasteiger charge is 2.20. The number of anilines is 1. The molecule has 1 fully saturated rings. The largest absolute Gasteiger partial charge is 0.336 e. The smallest absolute Gasteiger partial charge is 0.271 e. The zero-order valence-corrected chi connectivity index (χ0v) is 13.5. The van der Waals surface area contributed by atoms with E-state index in [4.69, 9.17) is 4.52 Å². The van der Waals surface area contributed by atoms with E-state index in [2.05, 4.69) is 37.0 Å². The third-order valence-corrected chi connectivity index (χ3v) is 4.81. The van der Waals surface area contributed by atoms with E-state index in [0.29, 0.717) is 11.8 Å². The first-order chi connectivity index (χ1) is 11.3. The van der Waals surface area contributed by atoms with Crippen LogP contribution in [-0.2, 0) is 0 Å². The summed E-state index contributed by atoms with van der Waals surface area (Å²) in [7, 11) is 2.12. The van der Waals surface area contributed by atoms with Crippen LogP contribution in [0.4, 0.5) is 5.95 Å². The number of aromatic nitrogens is 4. The minimum Gasteiger partial charge on any atom is -0.336 e. The second kappa shape index (κ2) is 6.05. The molecule has 118 valence electrons. The van der Waals surface area contributed by atoms with Crippen LogP contribution in [0.5, 0.6) is 0 Å². The molecule has 0 bridgehead atoms. The van der Waals surface area contributed by atoms with Crippen molar-refractivity contribution < 1.29 is 4.52 Å². The van der Waals surface area contributed by atoms with Crippen LogP contribution in [-0.4, -0.2) is 58.2 Å². The van der Waals surface area contributed by atoms with E-state index >= 15 is 0 Å². The van der Waals surface area contributed by atoms with Crippen molar-refractivity contribution in [1.29, 1.82) is 0 Å². The molecule has 0 aromatic carbocycles. The number of rotatable bonds is 3. The van der Waals surface area contributed by atoms with Crippen molar-refractivity contribution in [3.05, 3.63) is 30.6 Å². The highest BCUT2D eigenvalue weighted by atomic mass is 32.1. The van der Waals surface area contributed by atoms with Crippen molar-refractivity contribution in [2.75, 3.05) is 38.1 Å². The zero-order valence-electron chi connectivity index (χ0n) is 12.7. The summed E-state index contributed by atoms with van der Waals surface area (Å²) in [4.78, 5) is 18.5. The highest BCUT2D eigenvalue weighted by molar-refractivity contribution is 7.18. The quantitative estimate of drug-likeness (QED) is 0.728. The predicted octanol–water partition coefficient (Wildman–Crippen LogP) is 2.01.